The van der Waals surface area contributed by atoms with Crippen LogP contribution in [0.4, 0.5) is 0 Å². The van der Waals surface area contributed by atoms with Gasteiger partial charge in [-0.2, -0.15) is 0 Å². The number of nitrogens with zero attached hydrogens (tertiary/aromatic N) is 1. The van der Waals surface area contributed by atoms with Crippen molar-refractivity contribution < 1.29 is 0 Å². The predicted molar refractivity (Wildman–Crippen MR) is 71.5 cm³/mol. The minimum absolute atomic E-state index is 0.970. The first kappa shape index (κ1) is 10.9. The van der Waals surface area contributed by atoms with Gasteiger partial charge in [-0.15, -0.1) is 11.3 Å². The zero-order valence-electron chi connectivity index (χ0n) is 9.99. The average molecular weight is 244 g/mol. The molecule has 0 unspecified atom stereocenters. The highest BCUT2D eigenvalue weighted by Crippen LogP contribution is 2.23. The lowest BCUT2D eigenvalue weighted by Gasteiger charge is -2.09. The third kappa shape index (κ3) is 2.40. The lowest BCUT2D eigenvalue weighted by atomic mass is 10.1. The van der Waals surface area contributed by atoms with E-state index in [4.69, 9.17) is 4.98 Å². The first-order valence-electron chi connectivity index (χ1n) is 6.05. The van der Waals surface area contributed by atoms with Gasteiger partial charge in [-0.25, -0.2) is 4.98 Å². The molecule has 88 valence electrons. The molecule has 0 aliphatic carbocycles. The second kappa shape index (κ2) is 4.59. The Bertz CT molecular complexity index is 490. The fourth-order valence-electron chi connectivity index (χ4n) is 2.14. The molecule has 0 fully saturated rings. The lowest BCUT2D eigenvalue weighted by molar-refractivity contribution is 0.643. The van der Waals surface area contributed by atoms with Crippen molar-refractivity contribution in [3.8, 4) is 0 Å². The number of thiazole rings is 1. The Morgan fingerprint density at radius 3 is 2.88 bits per heavy atom. The van der Waals surface area contributed by atoms with E-state index in [1.54, 1.807) is 0 Å². The van der Waals surface area contributed by atoms with Gasteiger partial charge in [-0.3, -0.25) is 0 Å². The molecule has 0 spiro atoms. The normalized spacial score (nSPS) is 14.6. The van der Waals surface area contributed by atoms with Crippen molar-refractivity contribution in [2.75, 3.05) is 6.54 Å². The molecule has 1 aromatic heterocycles. The lowest BCUT2D eigenvalue weighted by Crippen LogP contribution is -2.22. The molecule has 1 aliphatic rings. The van der Waals surface area contributed by atoms with Gasteiger partial charge in [0.1, 0.15) is 0 Å². The summed E-state index contributed by atoms with van der Waals surface area (Å²) in [4.78, 5) is 6.18. The van der Waals surface area contributed by atoms with Crippen LogP contribution in [0.15, 0.2) is 24.3 Å². The molecule has 0 radical (unpaired) electrons. The fraction of sp³-hybridized carbons (Fsp3) is 0.357. The third-order valence-corrected chi connectivity index (χ3v) is 4.22. The minimum atomic E-state index is 0.970. The highest BCUT2D eigenvalue weighted by molar-refractivity contribution is 7.11. The van der Waals surface area contributed by atoms with Gasteiger partial charge >= 0.3 is 0 Å². The summed E-state index contributed by atoms with van der Waals surface area (Å²) < 4.78 is 0. The first-order chi connectivity index (χ1) is 8.31. The van der Waals surface area contributed by atoms with Crippen molar-refractivity contribution in [3.05, 3.63) is 51.0 Å². The second-order valence-corrected chi connectivity index (χ2v) is 5.73. The van der Waals surface area contributed by atoms with Crippen LogP contribution in [0, 0.1) is 6.92 Å². The Hall–Kier alpha value is -1.19. The van der Waals surface area contributed by atoms with Gasteiger partial charge in [0.2, 0.25) is 0 Å². The Balaban J connectivity index is 1.80. The summed E-state index contributed by atoms with van der Waals surface area (Å²) in [6.07, 6.45) is 2.05. The number of fused-ring (bicyclic) bond motifs is 1. The van der Waals surface area contributed by atoms with E-state index in [1.165, 1.54) is 26.7 Å². The van der Waals surface area contributed by atoms with Gasteiger partial charge in [0, 0.05) is 30.8 Å². The van der Waals surface area contributed by atoms with Gasteiger partial charge in [0.25, 0.3) is 0 Å². The predicted octanol–water partition coefficient (Wildman–Crippen LogP) is 2.69. The Morgan fingerprint density at radius 2 is 2.12 bits per heavy atom. The van der Waals surface area contributed by atoms with Crippen molar-refractivity contribution in [1.29, 1.82) is 0 Å². The average Bonchev–Trinajstić information content (AvgIpc) is 2.74. The summed E-state index contributed by atoms with van der Waals surface area (Å²) in [6, 6.07) is 8.75. The molecule has 1 aliphatic heterocycles. The molecule has 1 aromatic carbocycles. The Labute approximate surface area is 106 Å². The summed E-state index contributed by atoms with van der Waals surface area (Å²) >= 11 is 1.86. The maximum Gasteiger partial charge on any atom is 0.0975 e. The SMILES string of the molecule is Cc1ccc(Cc2nc3c(s2)CNCC3)cc1. The van der Waals surface area contributed by atoms with E-state index in [0.29, 0.717) is 0 Å². The number of hydrogen-bond donors (Lipinski definition) is 1. The van der Waals surface area contributed by atoms with Gasteiger partial charge in [0.15, 0.2) is 0 Å². The largest absolute Gasteiger partial charge is 0.311 e. The number of nitrogens with one attached hydrogen (secondary N) is 1. The number of rotatable bonds is 2. The number of benzene rings is 1. The molecule has 17 heavy (non-hydrogen) atoms. The van der Waals surface area contributed by atoms with Gasteiger partial charge in [-0.1, -0.05) is 29.8 Å². The number of aryl methyl sites for hydroxylation is 1. The van der Waals surface area contributed by atoms with E-state index in [2.05, 4.69) is 36.5 Å². The fourth-order valence-corrected chi connectivity index (χ4v) is 3.25. The molecule has 0 saturated heterocycles. The van der Waals surface area contributed by atoms with Crippen LogP contribution in [0.25, 0.3) is 0 Å². The molecule has 0 amide bonds. The highest BCUT2D eigenvalue weighted by Gasteiger charge is 2.14. The van der Waals surface area contributed by atoms with Crippen molar-refractivity contribution in [2.45, 2.75) is 26.3 Å². The molecule has 0 saturated carbocycles. The highest BCUT2D eigenvalue weighted by atomic mass is 32.1. The smallest absolute Gasteiger partial charge is 0.0975 e. The van der Waals surface area contributed by atoms with Gasteiger partial charge in [0.05, 0.1) is 10.7 Å². The van der Waals surface area contributed by atoms with E-state index >= 15 is 0 Å². The van der Waals surface area contributed by atoms with Crippen molar-refractivity contribution in [2.24, 2.45) is 0 Å². The summed E-state index contributed by atoms with van der Waals surface area (Å²) in [5.41, 5.74) is 3.99. The van der Waals surface area contributed by atoms with E-state index in [-0.39, 0.29) is 0 Å². The summed E-state index contributed by atoms with van der Waals surface area (Å²) in [7, 11) is 0. The molecule has 3 heteroatoms. The van der Waals surface area contributed by atoms with Crippen LogP contribution >= 0.6 is 11.3 Å². The molecule has 2 nitrogen and oxygen atoms in total. The number of hydrogen-bond acceptors (Lipinski definition) is 3. The van der Waals surface area contributed by atoms with Gasteiger partial charge in [-0.05, 0) is 12.5 Å². The van der Waals surface area contributed by atoms with Crippen molar-refractivity contribution in [3.63, 3.8) is 0 Å². The van der Waals surface area contributed by atoms with Gasteiger partial charge < -0.3 is 5.32 Å². The molecule has 0 bridgehead atoms. The molecular formula is C14H16N2S. The molecule has 1 N–H and O–H groups in total. The van der Waals surface area contributed by atoms with Crippen LogP contribution in [-0.2, 0) is 19.4 Å². The van der Waals surface area contributed by atoms with Crippen molar-refractivity contribution in [1.82, 2.24) is 10.3 Å². The third-order valence-electron chi connectivity index (χ3n) is 3.12. The van der Waals surface area contributed by atoms with Crippen molar-refractivity contribution >= 4 is 11.3 Å². The molecule has 3 rings (SSSR count). The first-order valence-corrected chi connectivity index (χ1v) is 6.86. The van der Waals surface area contributed by atoms with E-state index in [1.807, 2.05) is 11.3 Å². The van der Waals surface area contributed by atoms with E-state index < -0.39 is 0 Å². The van der Waals surface area contributed by atoms with Crippen LogP contribution in [0.1, 0.15) is 26.7 Å². The van der Waals surface area contributed by atoms with E-state index in [0.717, 1.165) is 25.9 Å². The van der Waals surface area contributed by atoms with Crippen LogP contribution < -0.4 is 5.32 Å². The maximum atomic E-state index is 4.75. The molecule has 0 atom stereocenters. The van der Waals surface area contributed by atoms with Crippen LogP contribution in [0.5, 0.6) is 0 Å². The quantitative estimate of drug-likeness (QED) is 0.878. The summed E-state index contributed by atoms with van der Waals surface area (Å²) in [5.74, 6) is 0. The van der Waals surface area contributed by atoms with Crippen LogP contribution in [0.3, 0.4) is 0 Å². The Morgan fingerprint density at radius 1 is 1.29 bits per heavy atom. The second-order valence-electron chi connectivity index (χ2n) is 4.57. The summed E-state index contributed by atoms with van der Waals surface area (Å²) in [5, 5.41) is 4.65. The molecular weight excluding hydrogens is 228 g/mol. The summed E-state index contributed by atoms with van der Waals surface area (Å²) in [6.45, 7) is 4.19. The molecule has 2 aromatic rings. The molecule has 2 heterocycles. The standard InChI is InChI=1S/C14H16N2S/c1-10-2-4-11(5-3-10)8-14-16-12-6-7-15-9-13(12)17-14/h2-5,15H,6-9H2,1H3. The monoisotopic (exact) mass is 244 g/mol. The Kier molecular flexibility index (Phi) is 2.95. The minimum Gasteiger partial charge on any atom is -0.311 e. The maximum absolute atomic E-state index is 4.75. The zero-order chi connectivity index (χ0) is 11.7. The zero-order valence-corrected chi connectivity index (χ0v) is 10.8. The van der Waals surface area contributed by atoms with Crippen LogP contribution in [0.2, 0.25) is 0 Å². The number of aromatic nitrogens is 1. The van der Waals surface area contributed by atoms with Crippen LogP contribution in [-0.4, -0.2) is 11.5 Å². The van der Waals surface area contributed by atoms with E-state index in [9.17, 15) is 0 Å². The topological polar surface area (TPSA) is 24.9 Å².